The maximum absolute atomic E-state index is 6.11. The maximum atomic E-state index is 6.11. The summed E-state index contributed by atoms with van der Waals surface area (Å²) >= 11 is 6.11. The van der Waals surface area contributed by atoms with Gasteiger partial charge in [0.15, 0.2) is 0 Å². The van der Waals surface area contributed by atoms with Gasteiger partial charge in [0.2, 0.25) is 0 Å². The van der Waals surface area contributed by atoms with Gasteiger partial charge in [0.25, 0.3) is 0 Å². The fourth-order valence-corrected chi connectivity index (χ4v) is 3.22. The quantitative estimate of drug-likeness (QED) is 0.844. The van der Waals surface area contributed by atoms with Gasteiger partial charge < -0.3 is 14.4 Å². The first-order chi connectivity index (χ1) is 9.97. The molecule has 1 heterocycles. The summed E-state index contributed by atoms with van der Waals surface area (Å²) in [5, 5.41) is 0.806. The van der Waals surface area contributed by atoms with Crippen molar-refractivity contribution in [2.24, 2.45) is 0 Å². The Hall–Kier alpha value is -0.770. The van der Waals surface area contributed by atoms with E-state index in [1.807, 2.05) is 19.1 Å². The molecule has 1 aromatic rings. The van der Waals surface area contributed by atoms with Gasteiger partial charge in [-0.3, -0.25) is 0 Å². The highest BCUT2D eigenvalue weighted by Crippen LogP contribution is 2.27. The molecule has 1 N–H and O–H groups in total. The molecule has 0 aliphatic carbocycles. The zero-order valence-electron chi connectivity index (χ0n) is 13.5. The molecule has 2 rings (SSSR count). The van der Waals surface area contributed by atoms with Crippen molar-refractivity contribution in [2.75, 3.05) is 26.2 Å². The van der Waals surface area contributed by atoms with Gasteiger partial charge in [-0.1, -0.05) is 11.6 Å². The number of nitrogens with one attached hydrogen (secondary N) is 1. The normalized spacial score (nSPS) is 25.9. The lowest BCUT2D eigenvalue weighted by Gasteiger charge is -2.32. The molecule has 0 aromatic heterocycles. The van der Waals surface area contributed by atoms with E-state index in [1.54, 1.807) is 4.90 Å². The monoisotopic (exact) mass is 312 g/mol. The molecular weight excluding hydrogens is 286 g/mol. The van der Waals surface area contributed by atoms with E-state index in [0.717, 1.165) is 54.6 Å². The number of ether oxygens (including phenoxy) is 2. The summed E-state index contributed by atoms with van der Waals surface area (Å²) in [6.45, 7) is 12.5. The predicted molar refractivity (Wildman–Crippen MR) is 86.6 cm³/mol. The molecule has 0 bridgehead atoms. The summed E-state index contributed by atoms with van der Waals surface area (Å²) < 4.78 is 11.7. The second kappa shape index (κ2) is 7.48. The fourth-order valence-electron chi connectivity index (χ4n) is 3.02. The first-order valence-corrected chi connectivity index (χ1v) is 8.22. The van der Waals surface area contributed by atoms with Gasteiger partial charge >= 0.3 is 0 Å². The Morgan fingerprint density at radius 2 is 1.86 bits per heavy atom. The highest BCUT2D eigenvalue weighted by molar-refractivity contribution is 6.31. The van der Waals surface area contributed by atoms with E-state index < -0.39 is 0 Å². The minimum atomic E-state index is 0.367. The highest BCUT2D eigenvalue weighted by Gasteiger charge is 2.24. The average molecular weight is 313 g/mol. The van der Waals surface area contributed by atoms with E-state index in [2.05, 4.69) is 20.8 Å². The molecule has 3 nitrogen and oxygen atoms in total. The third-order valence-corrected chi connectivity index (χ3v) is 4.63. The lowest BCUT2D eigenvalue weighted by atomic mass is 10.1. The van der Waals surface area contributed by atoms with Gasteiger partial charge in [-0.2, -0.15) is 0 Å². The van der Waals surface area contributed by atoms with Gasteiger partial charge in [-0.15, -0.1) is 0 Å². The second-order valence-electron chi connectivity index (χ2n) is 6.16. The summed E-state index contributed by atoms with van der Waals surface area (Å²) in [4.78, 5) is 1.62. The van der Waals surface area contributed by atoms with Crippen molar-refractivity contribution in [1.82, 2.24) is 0 Å². The van der Waals surface area contributed by atoms with Crippen molar-refractivity contribution >= 4 is 11.6 Å². The molecule has 1 fully saturated rings. The van der Waals surface area contributed by atoms with Crippen molar-refractivity contribution in [3.05, 3.63) is 28.3 Å². The van der Waals surface area contributed by atoms with Crippen molar-refractivity contribution in [3.63, 3.8) is 0 Å². The summed E-state index contributed by atoms with van der Waals surface area (Å²) in [5.74, 6) is 0.954. The van der Waals surface area contributed by atoms with E-state index >= 15 is 0 Å². The molecule has 1 aliphatic heterocycles. The SMILES string of the molecule is Cc1c(Cl)ccc(OCCC[NH+]2C[C@@H](C)O[C@H](C)C2)c1C. The van der Waals surface area contributed by atoms with Crippen LogP contribution in [0.4, 0.5) is 0 Å². The van der Waals surface area contributed by atoms with Crippen LogP contribution in [0.25, 0.3) is 0 Å². The summed E-state index contributed by atoms with van der Waals surface area (Å²) in [6, 6.07) is 3.88. The molecule has 1 saturated heterocycles. The van der Waals surface area contributed by atoms with Crippen LogP contribution in [0, 0.1) is 13.8 Å². The minimum absolute atomic E-state index is 0.367. The Morgan fingerprint density at radius 3 is 2.52 bits per heavy atom. The van der Waals surface area contributed by atoms with Crippen LogP contribution in [0.5, 0.6) is 5.75 Å². The standard InChI is InChI=1S/C17H26ClNO2/c1-12-10-19(11-13(2)21-12)8-5-9-20-17-7-6-16(18)14(3)15(17)4/h6-7,12-13H,5,8-11H2,1-4H3/p+1/t12-,13-/m1/s1. The summed E-state index contributed by atoms with van der Waals surface area (Å²) in [6.07, 6.45) is 1.80. The van der Waals surface area contributed by atoms with Gasteiger partial charge in [0, 0.05) is 11.4 Å². The zero-order chi connectivity index (χ0) is 15.4. The van der Waals surface area contributed by atoms with Crippen LogP contribution in [-0.4, -0.2) is 38.4 Å². The van der Waals surface area contributed by atoms with Crippen LogP contribution < -0.4 is 9.64 Å². The van der Waals surface area contributed by atoms with E-state index in [4.69, 9.17) is 21.1 Å². The van der Waals surface area contributed by atoms with E-state index in [0.29, 0.717) is 12.2 Å². The van der Waals surface area contributed by atoms with Crippen LogP contribution in [0.2, 0.25) is 5.02 Å². The molecule has 1 aromatic carbocycles. The van der Waals surface area contributed by atoms with Gasteiger partial charge in [-0.05, 0) is 51.0 Å². The van der Waals surface area contributed by atoms with Gasteiger partial charge in [0.1, 0.15) is 31.0 Å². The lowest BCUT2D eigenvalue weighted by molar-refractivity contribution is -0.915. The number of morpholine rings is 1. The Bertz CT molecular complexity index is 468. The molecule has 0 amide bonds. The number of hydrogen-bond donors (Lipinski definition) is 1. The molecule has 4 heteroatoms. The van der Waals surface area contributed by atoms with Crippen LogP contribution >= 0.6 is 11.6 Å². The number of hydrogen-bond acceptors (Lipinski definition) is 2. The molecule has 0 spiro atoms. The van der Waals surface area contributed by atoms with Crippen molar-refractivity contribution in [1.29, 1.82) is 0 Å². The largest absolute Gasteiger partial charge is 0.493 e. The molecule has 2 atom stereocenters. The molecular formula is C17H27ClNO2+. The maximum Gasteiger partial charge on any atom is 0.122 e. The molecule has 118 valence electrons. The number of quaternary nitrogens is 1. The zero-order valence-corrected chi connectivity index (χ0v) is 14.3. The van der Waals surface area contributed by atoms with Crippen LogP contribution in [0.1, 0.15) is 31.4 Å². The van der Waals surface area contributed by atoms with E-state index in [9.17, 15) is 0 Å². The second-order valence-corrected chi connectivity index (χ2v) is 6.57. The lowest BCUT2D eigenvalue weighted by Crippen LogP contribution is -3.15. The molecule has 1 aliphatic rings. The highest BCUT2D eigenvalue weighted by atomic mass is 35.5. The summed E-state index contributed by atoms with van der Waals surface area (Å²) in [7, 11) is 0. The van der Waals surface area contributed by atoms with Crippen LogP contribution in [0.3, 0.4) is 0 Å². The van der Waals surface area contributed by atoms with Crippen LogP contribution in [0.15, 0.2) is 12.1 Å². The molecule has 0 radical (unpaired) electrons. The third-order valence-electron chi connectivity index (χ3n) is 4.22. The molecule has 21 heavy (non-hydrogen) atoms. The van der Waals surface area contributed by atoms with Crippen molar-refractivity contribution in [2.45, 2.75) is 46.3 Å². The Kier molecular flexibility index (Phi) is 5.91. The summed E-state index contributed by atoms with van der Waals surface area (Å²) in [5.41, 5.74) is 2.25. The first kappa shape index (κ1) is 16.6. The predicted octanol–water partition coefficient (Wildman–Crippen LogP) is 2.42. The van der Waals surface area contributed by atoms with Gasteiger partial charge in [-0.25, -0.2) is 0 Å². The topological polar surface area (TPSA) is 22.9 Å². The number of halogens is 1. The van der Waals surface area contributed by atoms with E-state index in [1.165, 1.54) is 0 Å². The number of benzene rings is 1. The fraction of sp³-hybridized carbons (Fsp3) is 0.647. The van der Waals surface area contributed by atoms with Crippen molar-refractivity contribution in [3.8, 4) is 5.75 Å². The average Bonchev–Trinajstić information content (AvgIpc) is 2.42. The van der Waals surface area contributed by atoms with Crippen molar-refractivity contribution < 1.29 is 14.4 Å². The minimum Gasteiger partial charge on any atom is -0.493 e. The molecule has 0 saturated carbocycles. The Morgan fingerprint density at radius 1 is 1.19 bits per heavy atom. The van der Waals surface area contributed by atoms with Crippen LogP contribution in [-0.2, 0) is 4.74 Å². The first-order valence-electron chi connectivity index (χ1n) is 7.85. The molecule has 0 unspecified atom stereocenters. The Balaban J connectivity index is 1.76. The smallest absolute Gasteiger partial charge is 0.122 e. The Labute approximate surface area is 133 Å². The van der Waals surface area contributed by atoms with E-state index in [-0.39, 0.29) is 0 Å². The van der Waals surface area contributed by atoms with Gasteiger partial charge in [0.05, 0.1) is 13.2 Å². The number of rotatable bonds is 5. The third kappa shape index (κ3) is 4.60.